The van der Waals surface area contributed by atoms with Crippen molar-refractivity contribution in [1.82, 2.24) is 4.98 Å². The fourth-order valence-electron chi connectivity index (χ4n) is 1.14. The van der Waals surface area contributed by atoms with Gasteiger partial charge in [0.2, 0.25) is 5.88 Å². The molecule has 2 N–H and O–H groups in total. The maximum Gasteiger partial charge on any atom is 0.574 e. The van der Waals surface area contributed by atoms with Gasteiger partial charge in [-0.15, -0.1) is 13.2 Å². The van der Waals surface area contributed by atoms with Crippen molar-refractivity contribution in [2.24, 2.45) is 0 Å². The Kier molecular flexibility index (Phi) is 3.71. The van der Waals surface area contributed by atoms with E-state index in [9.17, 15) is 26.7 Å². The first-order valence-corrected chi connectivity index (χ1v) is 4.15. The average Bonchev–Trinajstić information content (AvgIpc) is 2.12. The Hall–Kier alpha value is -1.64. The van der Waals surface area contributed by atoms with Gasteiger partial charge in [-0.05, 0) is 0 Å². The number of nitrogens with one attached hydrogen (secondary N) is 1. The largest absolute Gasteiger partial charge is 0.574 e. The van der Waals surface area contributed by atoms with Crippen molar-refractivity contribution in [3.05, 3.63) is 27.5 Å². The molecule has 0 amide bonds. The third-order valence-corrected chi connectivity index (χ3v) is 1.73. The van der Waals surface area contributed by atoms with Crippen molar-refractivity contribution >= 4 is 0 Å². The van der Waals surface area contributed by atoms with Gasteiger partial charge in [0.1, 0.15) is 0 Å². The van der Waals surface area contributed by atoms with Gasteiger partial charge >= 0.3 is 6.36 Å². The number of aromatic amines is 1. The van der Waals surface area contributed by atoms with Gasteiger partial charge in [-0.2, -0.15) is 0 Å². The first-order valence-electron chi connectivity index (χ1n) is 4.15. The highest BCUT2D eigenvalue weighted by atomic mass is 19.4. The summed E-state index contributed by atoms with van der Waals surface area (Å²) in [5, 5.41) is 8.67. The second-order valence-corrected chi connectivity index (χ2v) is 2.90. The molecule has 0 saturated carbocycles. The van der Waals surface area contributed by atoms with Crippen LogP contribution in [0.4, 0.5) is 22.0 Å². The summed E-state index contributed by atoms with van der Waals surface area (Å²) in [5.74, 6) is -1.06. The van der Waals surface area contributed by atoms with Crippen LogP contribution in [0.1, 0.15) is 17.7 Å². The van der Waals surface area contributed by atoms with E-state index in [1.807, 2.05) is 0 Å². The molecular weight excluding hydrogens is 253 g/mol. The van der Waals surface area contributed by atoms with Crippen LogP contribution in [0.2, 0.25) is 0 Å². The van der Waals surface area contributed by atoms with E-state index < -0.39 is 42.0 Å². The summed E-state index contributed by atoms with van der Waals surface area (Å²) in [4.78, 5) is 12.9. The molecule has 1 heterocycles. The zero-order valence-corrected chi connectivity index (χ0v) is 8.02. The first kappa shape index (κ1) is 13.4. The van der Waals surface area contributed by atoms with E-state index in [0.717, 1.165) is 0 Å². The van der Waals surface area contributed by atoms with Crippen molar-refractivity contribution in [3.8, 4) is 5.88 Å². The summed E-state index contributed by atoms with van der Waals surface area (Å²) in [5.41, 5.74) is -3.14. The van der Waals surface area contributed by atoms with Crippen LogP contribution in [0, 0.1) is 0 Å². The lowest BCUT2D eigenvalue weighted by atomic mass is 10.2. The lowest BCUT2D eigenvalue weighted by molar-refractivity contribution is -0.276. The summed E-state index contributed by atoms with van der Waals surface area (Å²) in [6.07, 6.45) is -8.28. The normalized spacial score (nSPS) is 11.9. The molecule has 0 aromatic carbocycles. The minimum absolute atomic E-state index is 0.244. The molecule has 4 nitrogen and oxygen atoms in total. The highest BCUT2D eigenvalue weighted by molar-refractivity contribution is 5.26. The summed E-state index contributed by atoms with van der Waals surface area (Å²) in [7, 11) is 0. The molecule has 0 atom stereocenters. The van der Waals surface area contributed by atoms with Crippen molar-refractivity contribution in [2.45, 2.75) is 19.4 Å². The minimum atomic E-state index is -5.07. The Labute approximate surface area is 90.6 Å². The fourth-order valence-corrected chi connectivity index (χ4v) is 1.14. The number of aromatic nitrogens is 1. The average molecular weight is 259 g/mol. The summed E-state index contributed by atoms with van der Waals surface area (Å²) >= 11 is 0. The number of halogens is 5. The number of hydrogen-bond acceptors (Lipinski definition) is 3. The third kappa shape index (κ3) is 3.41. The van der Waals surface area contributed by atoms with Gasteiger partial charge < -0.3 is 14.8 Å². The Morgan fingerprint density at radius 2 is 2.00 bits per heavy atom. The molecule has 0 radical (unpaired) electrons. The highest BCUT2D eigenvalue weighted by Crippen LogP contribution is 2.23. The van der Waals surface area contributed by atoms with E-state index in [4.69, 9.17) is 5.11 Å². The van der Waals surface area contributed by atoms with Crippen LogP contribution in [0.5, 0.6) is 5.88 Å². The zero-order valence-electron chi connectivity index (χ0n) is 8.02. The molecule has 0 unspecified atom stereocenters. The number of aliphatic hydroxyl groups excluding tert-OH is 1. The predicted molar refractivity (Wildman–Crippen MR) is 44.6 cm³/mol. The van der Waals surface area contributed by atoms with Crippen molar-refractivity contribution in [3.63, 3.8) is 0 Å². The van der Waals surface area contributed by atoms with Gasteiger partial charge in [0.25, 0.3) is 6.43 Å². The van der Waals surface area contributed by atoms with E-state index in [1.165, 1.54) is 0 Å². The number of aliphatic hydroxyl groups is 1. The second kappa shape index (κ2) is 4.70. The number of pyridine rings is 1. The van der Waals surface area contributed by atoms with Gasteiger partial charge in [0.15, 0.2) is 5.43 Å². The highest BCUT2D eigenvalue weighted by Gasteiger charge is 2.32. The van der Waals surface area contributed by atoms with Gasteiger partial charge in [-0.1, -0.05) is 0 Å². The van der Waals surface area contributed by atoms with E-state index in [1.54, 1.807) is 4.98 Å². The van der Waals surface area contributed by atoms with E-state index in [2.05, 4.69) is 4.74 Å². The SMILES string of the molecule is O=c1cc(OC(F)(F)F)[nH]c(CO)c1C(F)F. The van der Waals surface area contributed by atoms with Crippen molar-refractivity contribution in [1.29, 1.82) is 0 Å². The maximum absolute atomic E-state index is 12.4. The molecule has 0 spiro atoms. The molecule has 17 heavy (non-hydrogen) atoms. The quantitative estimate of drug-likeness (QED) is 0.812. The monoisotopic (exact) mass is 259 g/mol. The maximum atomic E-state index is 12.4. The molecule has 9 heteroatoms. The van der Waals surface area contributed by atoms with Gasteiger partial charge in [-0.25, -0.2) is 8.78 Å². The lowest BCUT2D eigenvalue weighted by Gasteiger charge is -2.11. The molecule has 0 bridgehead atoms. The summed E-state index contributed by atoms with van der Waals surface area (Å²) in [6, 6.07) is 0.244. The fraction of sp³-hybridized carbons (Fsp3) is 0.375. The third-order valence-electron chi connectivity index (χ3n) is 1.73. The van der Waals surface area contributed by atoms with Gasteiger partial charge in [-0.3, -0.25) is 4.79 Å². The Balaban J connectivity index is 3.23. The molecule has 1 aromatic rings. The molecule has 1 rings (SSSR count). The standard InChI is InChI=1S/C8H6F5NO3/c9-7(10)6-3(2-15)14-5(1-4(6)16)17-8(11,12)13/h1,7,15H,2H2,(H,14,16). The van der Waals surface area contributed by atoms with Crippen LogP contribution >= 0.6 is 0 Å². The summed E-state index contributed by atoms with van der Waals surface area (Å²) < 4.78 is 63.5. The Morgan fingerprint density at radius 3 is 2.41 bits per heavy atom. The van der Waals surface area contributed by atoms with E-state index >= 15 is 0 Å². The van der Waals surface area contributed by atoms with E-state index in [-0.39, 0.29) is 6.07 Å². The molecule has 0 aliphatic carbocycles. The molecule has 0 aliphatic rings. The zero-order chi connectivity index (χ0) is 13.2. The molecule has 0 fully saturated rings. The van der Waals surface area contributed by atoms with Crippen LogP contribution in [0.3, 0.4) is 0 Å². The number of ether oxygens (including phenoxy) is 1. The predicted octanol–water partition coefficient (Wildman–Crippen LogP) is 1.70. The number of hydrogen-bond donors (Lipinski definition) is 2. The Morgan fingerprint density at radius 1 is 1.41 bits per heavy atom. The van der Waals surface area contributed by atoms with Crippen molar-refractivity contribution < 1.29 is 31.8 Å². The van der Waals surface area contributed by atoms with Crippen LogP contribution in [-0.2, 0) is 6.61 Å². The first-order chi connectivity index (χ1) is 7.74. The number of H-pyrrole nitrogens is 1. The molecule has 1 aromatic heterocycles. The van der Waals surface area contributed by atoms with Gasteiger partial charge in [0.05, 0.1) is 17.9 Å². The van der Waals surface area contributed by atoms with Crippen molar-refractivity contribution in [2.75, 3.05) is 0 Å². The summed E-state index contributed by atoms with van der Waals surface area (Å²) in [6.45, 7) is -1.04. The number of alkyl halides is 5. The second-order valence-electron chi connectivity index (χ2n) is 2.90. The van der Waals surface area contributed by atoms with Crippen LogP contribution in [0.25, 0.3) is 0 Å². The smallest absolute Gasteiger partial charge is 0.390 e. The number of rotatable bonds is 3. The van der Waals surface area contributed by atoms with Gasteiger partial charge in [0, 0.05) is 6.07 Å². The molecule has 96 valence electrons. The van der Waals surface area contributed by atoms with E-state index in [0.29, 0.717) is 0 Å². The van der Waals surface area contributed by atoms with Crippen LogP contribution in [0.15, 0.2) is 10.9 Å². The lowest BCUT2D eigenvalue weighted by Crippen LogP contribution is -2.21. The van der Waals surface area contributed by atoms with Crippen LogP contribution < -0.4 is 10.2 Å². The minimum Gasteiger partial charge on any atom is -0.390 e. The Bertz CT molecular complexity index is 453. The van der Waals surface area contributed by atoms with Crippen LogP contribution in [-0.4, -0.2) is 16.5 Å². The molecular formula is C8H6F5NO3. The molecule has 0 saturated heterocycles. The topological polar surface area (TPSA) is 62.3 Å². The molecule has 0 aliphatic heterocycles.